The number of para-hydroxylation sites is 1. The summed E-state index contributed by atoms with van der Waals surface area (Å²) in [4.78, 5) is 23.2. The molecule has 1 aliphatic rings. The summed E-state index contributed by atoms with van der Waals surface area (Å²) in [7, 11) is 0. The Hall–Kier alpha value is -2.63. The molecule has 0 unspecified atom stereocenters. The molecule has 1 aromatic carbocycles. The number of hydrogen-bond donors (Lipinski definition) is 2. The SMILES string of the molecule is C[C@H](NC(=O)c1nn(-c2ccccc2)c2c1CCC2)C(=O)O. The van der Waals surface area contributed by atoms with Crippen LogP contribution in [0.1, 0.15) is 35.1 Å². The normalized spacial score (nSPS) is 14.4. The van der Waals surface area contributed by atoms with Gasteiger partial charge in [-0.05, 0) is 38.3 Å². The highest BCUT2D eigenvalue weighted by Gasteiger charge is 2.28. The second-order valence-electron chi connectivity index (χ2n) is 5.41. The van der Waals surface area contributed by atoms with Gasteiger partial charge in [-0.1, -0.05) is 18.2 Å². The zero-order valence-corrected chi connectivity index (χ0v) is 12.2. The number of nitrogens with one attached hydrogen (secondary N) is 1. The number of aromatic nitrogens is 2. The number of amides is 1. The molecule has 0 spiro atoms. The second-order valence-corrected chi connectivity index (χ2v) is 5.41. The van der Waals surface area contributed by atoms with Crippen LogP contribution in [0.3, 0.4) is 0 Å². The Morgan fingerprint density at radius 3 is 2.68 bits per heavy atom. The first kappa shape index (κ1) is 14.3. The van der Waals surface area contributed by atoms with Gasteiger partial charge in [-0.3, -0.25) is 9.59 Å². The maximum atomic E-state index is 12.3. The Kier molecular flexibility index (Phi) is 3.66. The maximum absolute atomic E-state index is 12.3. The first-order valence-corrected chi connectivity index (χ1v) is 7.28. The number of rotatable bonds is 4. The van der Waals surface area contributed by atoms with Crippen LogP contribution in [0.15, 0.2) is 30.3 Å². The van der Waals surface area contributed by atoms with E-state index in [1.807, 2.05) is 30.3 Å². The number of nitrogens with zero attached hydrogens (tertiary/aromatic N) is 2. The van der Waals surface area contributed by atoms with E-state index in [1.54, 1.807) is 4.68 Å². The van der Waals surface area contributed by atoms with Gasteiger partial charge in [-0.15, -0.1) is 0 Å². The fourth-order valence-electron chi connectivity index (χ4n) is 2.73. The lowest BCUT2D eigenvalue weighted by Gasteiger charge is -2.08. The molecule has 1 heterocycles. The lowest BCUT2D eigenvalue weighted by atomic mass is 10.2. The molecule has 1 atom stereocenters. The molecule has 6 heteroatoms. The Bertz CT molecular complexity index is 722. The molecule has 3 rings (SSSR count). The highest BCUT2D eigenvalue weighted by Crippen LogP contribution is 2.27. The van der Waals surface area contributed by atoms with Crippen molar-refractivity contribution >= 4 is 11.9 Å². The lowest BCUT2D eigenvalue weighted by molar-refractivity contribution is -0.138. The molecule has 0 bridgehead atoms. The van der Waals surface area contributed by atoms with E-state index in [9.17, 15) is 9.59 Å². The van der Waals surface area contributed by atoms with Gasteiger partial charge in [0.1, 0.15) is 6.04 Å². The van der Waals surface area contributed by atoms with Crippen molar-refractivity contribution in [3.05, 3.63) is 47.3 Å². The summed E-state index contributed by atoms with van der Waals surface area (Å²) in [5.74, 6) is -1.49. The van der Waals surface area contributed by atoms with Crippen LogP contribution in [0.4, 0.5) is 0 Å². The zero-order chi connectivity index (χ0) is 15.7. The molecule has 1 aromatic heterocycles. The Balaban J connectivity index is 1.97. The van der Waals surface area contributed by atoms with E-state index in [0.29, 0.717) is 5.69 Å². The van der Waals surface area contributed by atoms with Gasteiger partial charge >= 0.3 is 5.97 Å². The summed E-state index contributed by atoms with van der Waals surface area (Å²) in [5.41, 5.74) is 3.22. The van der Waals surface area contributed by atoms with Crippen LogP contribution in [0.2, 0.25) is 0 Å². The van der Waals surface area contributed by atoms with E-state index >= 15 is 0 Å². The van der Waals surface area contributed by atoms with Gasteiger partial charge in [-0.2, -0.15) is 5.10 Å². The molecule has 1 aliphatic carbocycles. The van der Waals surface area contributed by atoms with E-state index < -0.39 is 17.9 Å². The quantitative estimate of drug-likeness (QED) is 0.897. The topological polar surface area (TPSA) is 84.2 Å². The Morgan fingerprint density at radius 1 is 1.27 bits per heavy atom. The largest absolute Gasteiger partial charge is 0.480 e. The fourth-order valence-corrected chi connectivity index (χ4v) is 2.73. The van der Waals surface area contributed by atoms with Crippen LogP contribution in [0, 0.1) is 0 Å². The van der Waals surface area contributed by atoms with Gasteiger partial charge in [0.2, 0.25) is 0 Å². The third-order valence-electron chi connectivity index (χ3n) is 3.86. The van der Waals surface area contributed by atoms with Crippen LogP contribution >= 0.6 is 0 Å². The standard InChI is InChI=1S/C16H17N3O3/c1-10(16(21)22)17-15(20)14-12-8-5-9-13(12)19(18-14)11-6-3-2-4-7-11/h2-4,6-7,10H,5,8-9H2,1H3,(H,17,20)(H,21,22)/t10-/m0/s1. The summed E-state index contributed by atoms with van der Waals surface area (Å²) >= 11 is 0. The van der Waals surface area contributed by atoms with Crippen LogP contribution in [-0.2, 0) is 17.6 Å². The summed E-state index contributed by atoms with van der Waals surface area (Å²) in [5, 5.41) is 15.8. The van der Waals surface area contributed by atoms with Crippen molar-refractivity contribution in [1.82, 2.24) is 15.1 Å². The molecule has 0 saturated carbocycles. The summed E-state index contributed by atoms with van der Waals surface area (Å²) in [6.07, 6.45) is 2.65. The van der Waals surface area contributed by atoms with Crippen molar-refractivity contribution < 1.29 is 14.7 Å². The minimum absolute atomic E-state index is 0.337. The molecule has 0 fully saturated rings. The monoisotopic (exact) mass is 299 g/mol. The number of aliphatic carboxylic acids is 1. The van der Waals surface area contributed by atoms with Gasteiger partial charge in [0, 0.05) is 11.3 Å². The average Bonchev–Trinajstić information content (AvgIpc) is 3.09. The molecular formula is C16H17N3O3. The molecule has 2 N–H and O–H groups in total. The van der Waals surface area contributed by atoms with Crippen molar-refractivity contribution in [2.75, 3.05) is 0 Å². The van der Waals surface area contributed by atoms with Crippen LogP contribution in [0.5, 0.6) is 0 Å². The zero-order valence-electron chi connectivity index (χ0n) is 12.2. The van der Waals surface area contributed by atoms with Crippen molar-refractivity contribution in [2.24, 2.45) is 0 Å². The number of carboxylic acid groups (broad SMARTS) is 1. The van der Waals surface area contributed by atoms with Crippen molar-refractivity contribution in [2.45, 2.75) is 32.2 Å². The van der Waals surface area contributed by atoms with Crippen LogP contribution < -0.4 is 5.32 Å². The minimum Gasteiger partial charge on any atom is -0.480 e. The molecule has 2 aromatic rings. The van der Waals surface area contributed by atoms with Gasteiger partial charge in [0.15, 0.2) is 5.69 Å². The Morgan fingerprint density at radius 2 is 2.00 bits per heavy atom. The molecule has 1 amide bonds. The van der Waals surface area contributed by atoms with Crippen molar-refractivity contribution in [3.8, 4) is 5.69 Å². The number of carbonyl (C=O) groups excluding carboxylic acids is 1. The maximum Gasteiger partial charge on any atom is 0.325 e. The minimum atomic E-state index is -1.06. The third-order valence-corrected chi connectivity index (χ3v) is 3.86. The number of carbonyl (C=O) groups is 2. The van der Waals surface area contributed by atoms with E-state index in [-0.39, 0.29) is 0 Å². The van der Waals surface area contributed by atoms with E-state index in [2.05, 4.69) is 10.4 Å². The predicted octanol–water partition coefficient (Wildman–Crippen LogP) is 1.56. The first-order chi connectivity index (χ1) is 10.6. The van der Waals surface area contributed by atoms with Gasteiger partial charge in [0.25, 0.3) is 5.91 Å². The Labute approximate surface area is 127 Å². The molecule has 0 aliphatic heterocycles. The van der Waals surface area contributed by atoms with Crippen molar-refractivity contribution in [3.63, 3.8) is 0 Å². The number of hydrogen-bond acceptors (Lipinski definition) is 3. The highest BCUT2D eigenvalue weighted by molar-refractivity contribution is 5.96. The summed E-state index contributed by atoms with van der Waals surface area (Å²) in [6, 6.07) is 8.71. The average molecular weight is 299 g/mol. The van der Waals surface area contributed by atoms with Crippen LogP contribution in [-0.4, -0.2) is 32.8 Å². The smallest absolute Gasteiger partial charge is 0.325 e. The van der Waals surface area contributed by atoms with E-state index in [4.69, 9.17) is 5.11 Å². The summed E-state index contributed by atoms with van der Waals surface area (Å²) in [6.45, 7) is 1.44. The summed E-state index contributed by atoms with van der Waals surface area (Å²) < 4.78 is 1.79. The number of benzene rings is 1. The molecular weight excluding hydrogens is 282 g/mol. The third kappa shape index (κ3) is 2.47. The van der Waals surface area contributed by atoms with E-state index in [0.717, 1.165) is 36.2 Å². The predicted molar refractivity (Wildman–Crippen MR) is 80.2 cm³/mol. The van der Waals surface area contributed by atoms with E-state index in [1.165, 1.54) is 6.92 Å². The van der Waals surface area contributed by atoms with Crippen LogP contribution in [0.25, 0.3) is 5.69 Å². The highest BCUT2D eigenvalue weighted by atomic mass is 16.4. The second kappa shape index (κ2) is 5.63. The van der Waals surface area contributed by atoms with Crippen molar-refractivity contribution in [1.29, 1.82) is 0 Å². The number of fused-ring (bicyclic) bond motifs is 1. The molecule has 114 valence electrons. The molecule has 22 heavy (non-hydrogen) atoms. The van der Waals surface area contributed by atoms with Gasteiger partial charge < -0.3 is 10.4 Å². The fraction of sp³-hybridized carbons (Fsp3) is 0.312. The van der Waals surface area contributed by atoms with Gasteiger partial charge in [0.05, 0.1) is 5.69 Å². The molecule has 0 saturated heterocycles. The first-order valence-electron chi connectivity index (χ1n) is 7.28. The van der Waals surface area contributed by atoms with Gasteiger partial charge in [-0.25, -0.2) is 4.68 Å². The number of carboxylic acids is 1. The lowest BCUT2D eigenvalue weighted by Crippen LogP contribution is -2.38. The molecule has 6 nitrogen and oxygen atoms in total. The molecule has 0 radical (unpaired) electrons.